The molecule has 0 bridgehead atoms. The molecule has 0 aromatic rings. The van der Waals surface area contributed by atoms with E-state index in [1.54, 1.807) is 13.1 Å². The first kappa shape index (κ1) is 11.2. The van der Waals surface area contributed by atoms with E-state index in [1.165, 1.54) is 7.05 Å². The molecule has 3 N–H and O–H groups in total. The average Bonchev–Trinajstić information content (AvgIpc) is 1.96. The van der Waals surface area contributed by atoms with Crippen LogP contribution in [0.5, 0.6) is 0 Å². The first-order valence-corrected chi connectivity index (χ1v) is 2.68. The zero-order chi connectivity index (χ0) is 7.70. The van der Waals surface area contributed by atoms with Crippen LogP contribution in [-0.2, 0) is 4.79 Å². The minimum atomic E-state index is -0.181. The lowest BCUT2D eigenvalue weighted by atomic mass is 10.3. The summed E-state index contributed by atoms with van der Waals surface area (Å²) < 4.78 is 0. The van der Waals surface area contributed by atoms with Gasteiger partial charge in [0.15, 0.2) is 0 Å². The molecular formula is C6H14N2O. The number of hydrogen-bond acceptors (Lipinski definition) is 3. The molecule has 0 amide bonds. The average molecular weight is 130 g/mol. The SMILES string of the molecule is C=CC(C=O)NC.CN. The lowest BCUT2D eigenvalue weighted by Gasteiger charge is -1.96. The third-order valence-corrected chi connectivity index (χ3v) is 0.734. The molecule has 0 fully saturated rings. The van der Waals surface area contributed by atoms with Crippen molar-refractivity contribution in [2.45, 2.75) is 6.04 Å². The van der Waals surface area contributed by atoms with E-state index in [0.29, 0.717) is 0 Å². The van der Waals surface area contributed by atoms with Gasteiger partial charge in [-0.1, -0.05) is 6.08 Å². The number of aldehydes is 1. The van der Waals surface area contributed by atoms with E-state index in [-0.39, 0.29) is 6.04 Å². The van der Waals surface area contributed by atoms with Gasteiger partial charge in [-0.25, -0.2) is 0 Å². The summed E-state index contributed by atoms with van der Waals surface area (Å²) >= 11 is 0. The van der Waals surface area contributed by atoms with Crippen molar-refractivity contribution in [3.8, 4) is 0 Å². The van der Waals surface area contributed by atoms with Crippen LogP contribution in [0.4, 0.5) is 0 Å². The van der Waals surface area contributed by atoms with Crippen LogP contribution in [0.1, 0.15) is 0 Å². The molecule has 0 aliphatic heterocycles. The molecular weight excluding hydrogens is 116 g/mol. The van der Waals surface area contributed by atoms with Crippen LogP contribution in [-0.4, -0.2) is 26.4 Å². The minimum Gasteiger partial charge on any atom is -0.333 e. The van der Waals surface area contributed by atoms with Gasteiger partial charge in [-0.3, -0.25) is 0 Å². The Morgan fingerprint density at radius 1 is 1.67 bits per heavy atom. The fourth-order valence-corrected chi connectivity index (χ4v) is 0.241. The summed E-state index contributed by atoms with van der Waals surface area (Å²) in [5.41, 5.74) is 4.50. The first-order valence-electron chi connectivity index (χ1n) is 2.68. The molecule has 0 saturated carbocycles. The summed E-state index contributed by atoms with van der Waals surface area (Å²) in [7, 11) is 3.21. The molecule has 0 rings (SSSR count). The molecule has 0 aliphatic carbocycles. The highest BCUT2D eigenvalue weighted by Crippen LogP contribution is 1.71. The fourth-order valence-electron chi connectivity index (χ4n) is 0.241. The van der Waals surface area contributed by atoms with Crippen molar-refractivity contribution in [1.82, 2.24) is 5.32 Å². The van der Waals surface area contributed by atoms with Crippen molar-refractivity contribution < 1.29 is 4.79 Å². The lowest BCUT2D eigenvalue weighted by molar-refractivity contribution is -0.108. The number of carbonyl (C=O) groups excluding carboxylic acids is 1. The van der Waals surface area contributed by atoms with Gasteiger partial charge in [0.05, 0.1) is 6.04 Å². The van der Waals surface area contributed by atoms with Crippen molar-refractivity contribution in [2.24, 2.45) is 5.73 Å². The molecule has 3 heteroatoms. The maximum Gasteiger partial charge on any atom is 0.140 e. The Bertz CT molecular complexity index is 65.5. The number of rotatable bonds is 3. The zero-order valence-corrected chi connectivity index (χ0v) is 5.92. The zero-order valence-electron chi connectivity index (χ0n) is 5.92. The Hall–Kier alpha value is -0.670. The maximum absolute atomic E-state index is 9.83. The second-order valence-corrected chi connectivity index (χ2v) is 1.19. The van der Waals surface area contributed by atoms with Gasteiger partial charge in [0.1, 0.15) is 6.29 Å². The molecule has 0 aromatic carbocycles. The van der Waals surface area contributed by atoms with E-state index in [9.17, 15) is 4.79 Å². The summed E-state index contributed by atoms with van der Waals surface area (Å²) in [6.45, 7) is 3.41. The molecule has 54 valence electrons. The molecule has 0 spiro atoms. The normalized spacial score (nSPS) is 10.6. The minimum absolute atomic E-state index is 0.181. The van der Waals surface area contributed by atoms with Crippen LogP contribution in [0.2, 0.25) is 0 Å². The lowest BCUT2D eigenvalue weighted by Crippen LogP contribution is -2.23. The Morgan fingerprint density at radius 2 is 2.11 bits per heavy atom. The third kappa shape index (κ3) is 7.33. The number of hydrogen-bond donors (Lipinski definition) is 2. The van der Waals surface area contributed by atoms with Crippen molar-refractivity contribution in [3.05, 3.63) is 12.7 Å². The van der Waals surface area contributed by atoms with Crippen molar-refractivity contribution in [2.75, 3.05) is 14.1 Å². The predicted octanol–water partition coefficient (Wildman–Crippen LogP) is -0.466. The van der Waals surface area contributed by atoms with Gasteiger partial charge in [0.2, 0.25) is 0 Å². The van der Waals surface area contributed by atoms with Crippen molar-refractivity contribution >= 4 is 6.29 Å². The Morgan fingerprint density at radius 3 is 2.11 bits per heavy atom. The molecule has 0 aromatic heterocycles. The molecule has 0 radical (unpaired) electrons. The summed E-state index contributed by atoms with van der Waals surface area (Å²) in [6, 6.07) is -0.181. The number of nitrogens with two attached hydrogens (primary N) is 1. The highest BCUT2D eigenvalue weighted by molar-refractivity contribution is 5.60. The maximum atomic E-state index is 9.83. The topological polar surface area (TPSA) is 55.1 Å². The van der Waals surface area contributed by atoms with Gasteiger partial charge in [0, 0.05) is 0 Å². The van der Waals surface area contributed by atoms with Crippen LogP contribution in [0.25, 0.3) is 0 Å². The molecule has 1 unspecified atom stereocenters. The van der Waals surface area contributed by atoms with Crippen LogP contribution < -0.4 is 11.1 Å². The van der Waals surface area contributed by atoms with E-state index in [4.69, 9.17) is 0 Å². The van der Waals surface area contributed by atoms with Crippen molar-refractivity contribution in [3.63, 3.8) is 0 Å². The Kier molecular flexibility index (Phi) is 12.8. The molecule has 1 atom stereocenters. The molecule has 0 aliphatic rings. The van der Waals surface area contributed by atoms with Gasteiger partial charge in [-0.15, -0.1) is 6.58 Å². The van der Waals surface area contributed by atoms with Gasteiger partial charge in [0.25, 0.3) is 0 Å². The number of carbonyl (C=O) groups is 1. The molecule has 0 saturated heterocycles. The highest BCUT2D eigenvalue weighted by Gasteiger charge is 1.91. The monoisotopic (exact) mass is 130 g/mol. The third-order valence-electron chi connectivity index (χ3n) is 0.734. The molecule has 0 heterocycles. The highest BCUT2D eigenvalue weighted by atomic mass is 16.1. The largest absolute Gasteiger partial charge is 0.333 e. The first-order chi connectivity index (χ1) is 4.35. The summed E-state index contributed by atoms with van der Waals surface area (Å²) in [6.07, 6.45) is 2.35. The van der Waals surface area contributed by atoms with Crippen LogP contribution in [0.15, 0.2) is 12.7 Å². The summed E-state index contributed by atoms with van der Waals surface area (Å²) in [5, 5.41) is 2.72. The van der Waals surface area contributed by atoms with Crippen LogP contribution >= 0.6 is 0 Å². The van der Waals surface area contributed by atoms with E-state index < -0.39 is 0 Å². The fraction of sp³-hybridized carbons (Fsp3) is 0.500. The van der Waals surface area contributed by atoms with Crippen LogP contribution in [0, 0.1) is 0 Å². The molecule has 3 nitrogen and oxygen atoms in total. The van der Waals surface area contributed by atoms with Gasteiger partial charge < -0.3 is 15.8 Å². The second-order valence-electron chi connectivity index (χ2n) is 1.19. The quantitative estimate of drug-likeness (QED) is 0.401. The van der Waals surface area contributed by atoms with Gasteiger partial charge in [-0.05, 0) is 14.1 Å². The van der Waals surface area contributed by atoms with E-state index in [2.05, 4.69) is 17.6 Å². The summed E-state index contributed by atoms with van der Waals surface area (Å²) in [5.74, 6) is 0. The van der Waals surface area contributed by atoms with E-state index >= 15 is 0 Å². The van der Waals surface area contributed by atoms with E-state index in [1.807, 2.05) is 0 Å². The second kappa shape index (κ2) is 10.3. The van der Waals surface area contributed by atoms with Gasteiger partial charge >= 0.3 is 0 Å². The van der Waals surface area contributed by atoms with Crippen LogP contribution in [0.3, 0.4) is 0 Å². The summed E-state index contributed by atoms with van der Waals surface area (Å²) in [4.78, 5) is 9.83. The Balaban J connectivity index is 0. The smallest absolute Gasteiger partial charge is 0.140 e. The molecule has 9 heavy (non-hydrogen) atoms. The number of likely N-dealkylation sites (N-methyl/N-ethyl adjacent to an activating group) is 1. The predicted molar refractivity (Wildman–Crippen MR) is 39.2 cm³/mol. The number of nitrogens with one attached hydrogen (secondary N) is 1. The standard InChI is InChI=1S/C5H9NO.CH5N/c1-3-5(4-7)6-2;1-2/h3-6H,1H2,2H3;2H2,1H3. The Labute approximate surface area is 55.9 Å². The van der Waals surface area contributed by atoms with Crippen molar-refractivity contribution in [1.29, 1.82) is 0 Å². The van der Waals surface area contributed by atoms with Gasteiger partial charge in [-0.2, -0.15) is 0 Å². The van der Waals surface area contributed by atoms with E-state index in [0.717, 1.165) is 6.29 Å².